The van der Waals surface area contributed by atoms with Crippen molar-refractivity contribution in [1.82, 2.24) is 19.7 Å². The van der Waals surface area contributed by atoms with Gasteiger partial charge >= 0.3 is 0 Å². The first-order valence-electron chi connectivity index (χ1n) is 9.69. The normalized spacial score (nSPS) is 16.7. The Hall–Kier alpha value is -2.26. The van der Waals surface area contributed by atoms with Gasteiger partial charge in [-0.05, 0) is 53.6 Å². The first-order chi connectivity index (χ1) is 13.4. The first-order valence-corrected chi connectivity index (χ1v) is 10.5. The molecule has 2 aromatic heterocycles. The Labute approximate surface area is 169 Å². The van der Waals surface area contributed by atoms with Gasteiger partial charge in [0.2, 0.25) is 11.8 Å². The van der Waals surface area contributed by atoms with Crippen molar-refractivity contribution in [3.05, 3.63) is 23.0 Å². The highest BCUT2D eigenvalue weighted by molar-refractivity contribution is 7.15. The van der Waals surface area contributed by atoms with Crippen molar-refractivity contribution in [2.75, 3.05) is 23.7 Å². The average Bonchev–Trinajstić information content (AvgIpc) is 3.27. The van der Waals surface area contributed by atoms with Crippen LogP contribution in [0.3, 0.4) is 0 Å². The molecule has 0 unspecified atom stereocenters. The predicted octanol–water partition coefficient (Wildman–Crippen LogP) is 2.65. The van der Waals surface area contributed by atoms with Gasteiger partial charge in [0.1, 0.15) is 0 Å². The molecule has 8 nitrogen and oxygen atoms in total. The minimum absolute atomic E-state index is 0.0288. The van der Waals surface area contributed by atoms with E-state index in [9.17, 15) is 9.59 Å². The molecule has 28 heavy (non-hydrogen) atoms. The van der Waals surface area contributed by atoms with Crippen LogP contribution in [0.1, 0.15) is 37.3 Å². The predicted molar refractivity (Wildman–Crippen MR) is 111 cm³/mol. The van der Waals surface area contributed by atoms with Gasteiger partial charge in [-0.2, -0.15) is 5.10 Å². The van der Waals surface area contributed by atoms with Gasteiger partial charge in [-0.1, -0.05) is 0 Å². The number of anilines is 2. The number of thiazole rings is 1. The van der Waals surface area contributed by atoms with Crippen molar-refractivity contribution in [2.45, 2.75) is 53.1 Å². The summed E-state index contributed by atoms with van der Waals surface area (Å²) in [5.74, 6) is -0.0643. The lowest BCUT2D eigenvalue weighted by molar-refractivity contribution is -0.123. The van der Waals surface area contributed by atoms with E-state index in [1.807, 2.05) is 33.9 Å². The zero-order valence-corrected chi connectivity index (χ0v) is 17.7. The molecule has 0 bridgehead atoms. The lowest BCUT2D eigenvalue weighted by Crippen LogP contribution is -2.47. The molecule has 2 N–H and O–H groups in total. The van der Waals surface area contributed by atoms with E-state index < -0.39 is 0 Å². The van der Waals surface area contributed by atoms with Crippen LogP contribution in [0.15, 0.2) is 12.4 Å². The van der Waals surface area contributed by atoms with Crippen molar-refractivity contribution in [3.63, 3.8) is 0 Å². The van der Waals surface area contributed by atoms with Gasteiger partial charge in [0.05, 0.1) is 23.6 Å². The third kappa shape index (κ3) is 4.77. The van der Waals surface area contributed by atoms with Crippen LogP contribution in [0.2, 0.25) is 0 Å². The van der Waals surface area contributed by atoms with E-state index in [1.54, 1.807) is 10.9 Å². The summed E-state index contributed by atoms with van der Waals surface area (Å²) in [7, 11) is 0. The number of nitrogens with zero attached hydrogens (tertiary/aromatic N) is 4. The molecule has 0 saturated carbocycles. The monoisotopic (exact) mass is 404 g/mol. The number of piperidine rings is 1. The van der Waals surface area contributed by atoms with Gasteiger partial charge in [0, 0.05) is 23.5 Å². The summed E-state index contributed by atoms with van der Waals surface area (Å²) in [6.45, 7) is 10.1. The number of hydrogen-bond donors (Lipinski definition) is 2. The van der Waals surface area contributed by atoms with Crippen LogP contribution >= 0.6 is 11.3 Å². The van der Waals surface area contributed by atoms with Gasteiger partial charge in [-0.15, -0.1) is 11.3 Å². The highest BCUT2D eigenvalue weighted by Crippen LogP contribution is 2.23. The van der Waals surface area contributed by atoms with Crippen LogP contribution in [-0.4, -0.2) is 50.6 Å². The number of carbonyl (C=O) groups excluding carboxylic acids is 2. The topological polar surface area (TPSA) is 92.2 Å². The summed E-state index contributed by atoms with van der Waals surface area (Å²) in [6.07, 6.45) is 4.98. The Bertz CT molecular complexity index is 818. The Kier molecular flexibility index (Phi) is 6.46. The van der Waals surface area contributed by atoms with Crippen molar-refractivity contribution in [2.24, 2.45) is 5.92 Å². The van der Waals surface area contributed by atoms with E-state index in [1.165, 1.54) is 11.3 Å². The molecule has 1 aliphatic rings. The minimum Gasteiger partial charge on any atom is -0.323 e. The van der Waals surface area contributed by atoms with Crippen LogP contribution in [0, 0.1) is 19.8 Å². The summed E-state index contributed by atoms with van der Waals surface area (Å²) in [5.41, 5.74) is 1.68. The Morgan fingerprint density at radius 1 is 1.29 bits per heavy atom. The molecule has 1 saturated heterocycles. The van der Waals surface area contributed by atoms with Crippen molar-refractivity contribution in [1.29, 1.82) is 0 Å². The van der Waals surface area contributed by atoms with Crippen molar-refractivity contribution >= 4 is 34.0 Å². The largest absolute Gasteiger partial charge is 0.323 e. The lowest BCUT2D eigenvalue weighted by atomic mass is 9.95. The van der Waals surface area contributed by atoms with Gasteiger partial charge < -0.3 is 10.6 Å². The second-order valence-corrected chi connectivity index (χ2v) is 8.41. The minimum atomic E-state index is -0.253. The standard InChI is InChI=1S/C19H28N6O2S/c1-5-25-11-16(10-20-25)22-18(27)15-6-8-24(9-7-15)13(3)17(26)23-19-21-12(2)14(4)28-19/h10-11,13,15H,5-9H2,1-4H3,(H,22,27)(H,21,23,26)/t13-/m1/s1. The van der Waals surface area contributed by atoms with Gasteiger partial charge in [0.15, 0.2) is 5.13 Å². The Morgan fingerprint density at radius 2 is 2.00 bits per heavy atom. The molecule has 2 amide bonds. The molecule has 0 radical (unpaired) electrons. The van der Waals surface area contributed by atoms with Crippen LogP contribution in [0.5, 0.6) is 0 Å². The van der Waals surface area contributed by atoms with Crippen molar-refractivity contribution in [3.8, 4) is 0 Å². The molecular formula is C19H28N6O2S. The third-order valence-electron chi connectivity index (χ3n) is 5.31. The van der Waals surface area contributed by atoms with Crippen molar-refractivity contribution < 1.29 is 9.59 Å². The van der Waals surface area contributed by atoms with E-state index in [2.05, 4.69) is 25.6 Å². The number of amides is 2. The molecule has 3 heterocycles. The molecule has 3 rings (SSSR count). The summed E-state index contributed by atoms with van der Waals surface area (Å²) >= 11 is 1.49. The smallest absolute Gasteiger partial charge is 0.243 e. The molecule has 1 aliphatic heterocycles. The first kappa shape index (κ1) is 20.5. The SMILES string of the molecule is CCn1cc(NC(=O)C2CCN([C@H](C)C(=O)Nc3nc(C)c(C)s3)CC2)cn1. The third-order valence-corrected chi connectivity index (χ3v) is 6.30. The second kappa shape index (κ2) is 8.83. The summed E-state index contributed by atoms with van der Waals surface area (Å²) in [5, 5.41) is 10.7. The van der Waals surface area contributed by atoms with E-state index in [-0.39, 0.29) is 23.8 Å². The molecule has 152 valence electrons. The van der Waals surface area contributed by atoms with Gasteiger partial charge in [-0.3, -0.25) is 19.2 Å². The maximum absolute atomic E-state index is 12.5. The number of rotatable bonds is 6. The molecule has 2 aromatic rings. The molecule has 9 heteroatoms. The maximum Gasteiger partial charge on any atom is 0.243 e. The number of likely N-dealkylation sites (tertiary alicyclic amines) is 1. The highest BCUT2D eigenvalue weighted by Gasteiger charge is 2.30. The zero-order chi connectivity index (χ0) is 20.3. The number of aryl methyl sites for hydroxylation is 3. The second-order valence-electron chi connectivity index (χ2n) is 7.21. The van der Waals surface area contributed by atoms with Crippen LogP contribution in [-0.2, 0) is 16.1 Å². The zero-order valence-electron chi connectivity index (χ0n) is 16.9. The molecule has 1 fully saturated rings. The molecule has 0 aromatic carbocycles. The summed E-state index contributed by atoms with van der Waals surface area (Å²) < 4.78 is 1.78. The van der Waals surface area contributed by atoms with E-state index in [0.717, 1.165) is 48.7 Å². The van der Waals surface area contributed by atoms with Crippen LogP contribution in [0.4, 0.5) is 10.8 Å². The number of aromatic nitrogens is 3. The highest BCUT2D eigenvalue weighted by atomic mass is 32.1. The maximum atomic E-state index is 12.5. The van der Waals surface area contributed by atoms with Gasteiger partial charge in [0.25, 0.3) is 0 Å². The fraction of sp³-hybridized carbons (Fsp3) is 0.579. The average molecular weight is 405 g/mol. The Morgan fingerprint density at radius 3 is 2.57 bits per heavy atom. The fourth-order valence-corrected chi connectivity index (χ4v) is 4.11. The molecule has 0 spiro atoms. The van der Waals surface area contributed by atoms with E-state index in [0.29, 0.717) is 5.13 Å². The van der Waals surface area contributed by atoms with Gasteiger partial charge in [-0.25, -0.2) is 4.98 Å². The quantitative estimate of drug-likeness (QED) is 0.772. The van der Waals surface area contributed by atoms with Crippen LogP contribution in [0.25, 0.3) is 0 Å². The number of nitrogens with one attached hydrogen (secondary N) is 2. The summed E-state index contributed by atoms with van der Waals surface area (Å²) in [4.78, 5) is 32.6. The molecule has 1 atom stereocenters. The van der Waals surface area contributed by atoms with E-state index >= 15 is 0 Å². The summed E-state index contributed by atoms with van der Waals surface area (Å²) in [6, 6.07) is -0.253. The van der Waals surface area contributed by atoms with E-state index in [4.69, 9.17) is 0 Å². The van der Waals surface area contributed by atoms with Crippen LogP contribution < -0.4 is 10.6 Å². The fourth-order valence-electron chi connectivity index (χ4n) is 3.30. The number of hydrogen-bond acceptors (Lipinski definition) is 6. The Balaban J connectivity index is 1.48. The molecular weight excluding hydrogens is 376 g/mol. The lowest BCUT2D eigenvalue weighted by Gasteiger charge is -2.34. The number of carbonyl (C=O) groups is 2. The molecule has 0 aliphatic carbocycles.